The predicted molar refractivity (Wildman–Crippen MR) is 122 cm³/mol. The number of urea groups is 1. The van der Waals surface area contributed by atoms with E-state index in [1.165, 1.54) is 11.3 Å². The van der Waals surface area contributed by atoms with Gasteiger partial charge in [0.1, 0.15) is 11.5 Å². The molecule has 1 aromatic carbocycles. The van der Waals surface area contributed by atoms with Crippen molar-refractivity contribution in [3.63, 3.8) is 0 Å². The number of carbonyl (C=O) groups excluding carboxylic acids is 3. The number of primary amides is 1. The van der Waals surface area contributed by atoms with Gasteiger partial charge in [0.2, 0.25) is 0 Å². The first-order valence-electron chi connectivity index (χ1n) is 9.98. The van der Waals surface area contributed by atoms with Gasteiger partial charge in [0.15, 0.2) is 0 Å². The van der Waals surface area contributed by atoms with E-state index in [1.807, 2.05) is 0 Å². The number of fused-ring (bicyclic) bond motifs is 1. The van der Waals surface area contributed by atoms with Gasteiger partial charge in [0, 0.05) is 17.1 Å². The van der Waals surface area contributed by atoms with Crippen LogP contribution in [-0.4, -0.2) is 49.1 Å². The standard InChI is InChI=1S/C21H25ClN4O4S/c1-3-30-17(27)9-11-26(2)10-8-15-16(12-26)31-20(18(15)19(23)28)25-21(29)24-14-6-4-13(22)5-7-14/h4-7H,3,8-12H2,1-2H3,(H3-,23,24,25,28,29)/p+1. The SMILES string of the molecule is CCOC(=O)CC[N+]1(C)CCc2c(sc(NC(=O)Nc3ccc(Cl)cc3)c2C(N)=O)C1. The van der Waals surface area contributed by atoms with Gasteiger partial charge >= 0.3 is 12.0 Å². The van der Waals surface area contributed by atoms with Crippen LogP contribution in [0.2, 0.25) is 5.02 Å². The Balaban J connectivity index is 1.74. The van der Waals surface area contributed by atoms with Gasteiger partial charge in [-0.3, -0.25) is 14.9 Å². The van der Waals surface area contributed by atoms with Gasteiger partial charge < -0.3 is 20.3 Å². The molecule has 1 atom stereocenters. The van der Waals surface area contributed by atoms with Crippen LogP contribution in [0.15, 0.2) is 24.3 Å². The number of hydrogen-bond donors (Lipinski definition) is 3. The Morgan fingerprint density at radius 1 is 1.23 bits per heavy atom. The number of rotatable bonds is 7. The second-order valence-electron chi connectivity index (χ2n) is 7.69. The van der Waals surface area contributed by atoms with Crippen LogP contribution in [0.25, 0.3) is 0 Å². The number of likely N-dealkylation sites (N-methyl/N-ethyl adjacent to an activating group) is 1. The summed E-state index contributed by atoms with van der Waals surface area (Å²) in [6.07, 6.45) is 0.978. The first kappa shape index (κ1) is 23.1. The Morgan fingerprint density at radius 3 is 2.58 bits per heavy atom. The van der Waals surface area contributed by atoms with E-state index in [0.717, 1.165) is 17.0 Å². The topological polar surface area (TPSA) is 111 Å². The number of nitrogens with one attached hydrogen (secondary N) is 2. The van der Waals surface area contributed by atoms with Crippen molar-refractivity contribution in [2.75, 3.05) is 37.4 Å². The van der Waals surface area contributed by atoms with E-state index >= 15 is 0 Å². The Bertz CT molecular complexity index is 992. The number of halogens is 1. The normalized spacial score (nSPS) is 17.5. The van der Waals surface area contributed by atoms with E-state index in [-0.39, 0.29) is 5.97 Å². The first-order chi connectivity index (χ1) is 14.7. The van der Waals surface area contributed by atoms with Gasteiger partial charge in [0.25, 0.3) is 5.91 Å². The van der Waals surface area contributed by atoms with Crippen molar-refractivity contribution in [1.29, 1.82) is 0 Å². The van der Waals surface area contributed by atoms with E-state index < -0.39 is 11.9 Å². The highest BCUT2D eigenvalue weighted by molar-refractivity contribution is 7.17. The van der Waals surface area contributed by atoms with E-state index in [1.54, 1.807) is 31.2 Å². The van der Waals surface area contributed by atoms with E-state index in [9.17, 15) is 14.4 Å². The number of ether oxygens (including phenoxy) is 1. The molecule has 0 saturated heterocycles. The Kier molecular flexibility index (Phi) is 7.19. The van der Waals surface area contributed by atoms with Crippen molar-refractivity contribution in [2.45, 2.75) is 26.3 Å². The van der Waals surface area contributed by atoms with Crippen molar-refractivity contribution in [3.05, 3.63) is 45.3 Å². The Morgan fingerprint density at radius 2 is 1.94 bits per heavy atom. The zero-order valence-corrected chi connectivity index (χ0v) is 19.1. The van der Waals surface area contributed by atoms with Gasteiger partial charge in [-0.1, -0.05) is 11.6 Å². The summed E-state index contributed by atoms with van der Waals surface area (Å²) in [5.74, 6) is -0.778. The molecule has 8 nitrogen and oxygen atoms in total. The molecule has 4 N–H and O–H groups in total. The van der Waals surface area contributed by atoms with Crippen molar-refractivity contribution < 1.29 is 23.6 Å². The number of carbonyl (C=O) groups is 3. The van der Waals surface area contributed by atoms with Crippen LogP contribution in [0.1, 0.15) is 34.1 Å². The van der Waals surface area contributed by atoms with E-state index in [2.05, 4.69) is 17.7 Å². The average molecular weight is 466 g/mol. The van der Waals surface area contributed by atoms with Crippen molar-refractivity contribution >= 4 is 51.5 Å². The van der Waals surface area contributed by atoms with Gasteiger partial charge in [-0.2, -0.15) is 0 Å². The summed E-state index contributed by atoms with van der Waals surface area (Å²) < 4.78 is 5.69. The highest BCUT2D eigenvalue weighted by atomic mass is 35.5. The minimum atomic E-state index is -0.568. The lowest BCUT2D eigenvalue weighted by atomic mass is 10.0. The van der Waals surface area contributed by atoms with Crippen molar-refractivity contribution in [3.8, 4) is 0 Å². The summed E-state index contributed by atoms with van der Waals surface area (Å²) in [5.41, 5.74) is 7.46. The highest BCUT2D eigenvalue weighted by Crippen LogP contribution is 2.38. The zero-order chi connectivity index (χ0) is 22.6. The molecule has 2 heterocycles. The number of amides is 3. The van der Waals surface area contributed by atoms with Crippen LogP contribution in [0.5, 0.6) is 0 Å². The number of benzene rings is 1. The van der Waals surface area contributed by atoms with Crippen LogP contribution < -0.4 is 16.4 Å². The van der Waals surface area contributed by atoms with E-state index in [4.69, 9.17) is 22.1 Å². The molecule has 31 heavy (non-hydrogen) atoms. The first-order valence-corrected chi connectivity index (χ1v) is 11.2. The fourth-order valence-electron chi connectivity index (χ4n) is 3.64. The molecule has 0 aliphatic carbocycles. The molecule has 3 rings (SSSR count). The lowest BCUT2D eigenvalue weighted by Crippen LogP contribution is -2.48. The van der Waals surface area contributed by atoms with Crippen LogP contribution in [0, 0.1) is 0 Å². The van der Waals surface area contributed by atoms with Crippen LogP contribution in [0.4, 0.5) is 15.5 Å². The number of esters is 1. The van der Waals surface area contributed by atoms with Crippen LogP contribution >= 0.6 is 22.9 Å². The molecule has 1 aliphatic rings. The fourth-order valence-corrected chi connectivity index (χ4v) is 5.19. The fraction of sp³-hybridized carbons (Fsp3) is 0.381. The summed E-state index contributed by atoms with van der Waals surface area (Å²) in [4.78, 5) is 37.4. The van der Waals surface area contributed by atoms with Gasteiger partial charge in [0.05, 0.1) is 43.6 Å². The highest BCUT2D eigenvalue weighted by Gasteiger charge is 2.35. The third-order valence-corrected chi connectivity index (χ3v) is 6.64. The third kappa shape index (κ3) is 5.75. The Hall–Kier alpha value is -2.62. The lowest BCUT2D eigenvalue weighted by Gasteiger charge is -2.37. The number of nitrogens with two attached hydrogens (primary N) is 1. The number of quaternary nitrogens is 1. The summed E-state index contributed by atoms with van der Waals surface area (Å²) in [5, 5.41) is 6.48. The zero-order valence-electron chi connectivity index (χ0n) is 17.5. The predicted octanol–water partition coefficient (Wildman–Crippen LogP) is 3.60. The van der Waals surface area contributed by atoms with Gasteiger partial charge in [-0.05, 0) is 36.8 Å². The number of thiophene rings is 1. The maximum absolute atomic E-state index is 12.5. The minimum absolute atomic E-state index is 0.210. The maximum atomic E-state index is 12.5. The summed E-state index contributed by atoms with van der Waals surface area (Å²) >= 11 is 7.22. The average Bonchev–Trinajstić information content (AvgIpc) is 3.05. The van der Waals surface area contributed by atoms with Crippen molar-refractivity contribution in [1.82, 2.24) is 0 Å². The molecule has 1 aromatic heterocycles. The molecule has 0 bridgehead atoms. The minimum Gasteiger partial charge on any atom is -0.466 e. The molecule has 3 amide bonds. The quantitative estimate of drug-likeness (QED) is 0.428. The van der Waals surface area contributed by atoms with Crippen LogP contribution in [0.3, 0.4) is 0 Å². The largest absolute Gasteiger partial charge is 0.466 e. The van der Waals surface area contributed by atoms with E-state index in [0.29, 0.717) is 58.3 Å². The third-order valence-electron chi connectivity index (χ3n) is 5.25. The lowest BCUT2D eigenvalue weighted by molar-refractivity contribution is -0.923. The Labute approximate surface area is 189 Å². The summed E-state index contributed by atoms with van der Waals surface area (Å²) in [6.45, 7) is 4.21. The van der Waals surface area contributed by atoms with Crippen LogP contribution in [-0.2, 0) is 22.5 Å². The molecule has 1 unspecified atom stereocenters. The molecule has 2 aromatic rings. The molecule has 166 valence electrons. The molecule has 0 saturated carbocycles. The molecular weight excluding hydrogens is 440 g/mol. The second kappa shape index (κ2) is 9.67. The molecule has 0 spiro atoms. The molecule has 1 aliphatic heterocycles. The molecule has 0 fully saturated rings. The summed E-state index contributed by atoms with van der Waals surface area (Å²) in [7, 11) is 2.08. The summed E-state index contributed by atoms with van der Waals surface area (Å²) in [6, 6.07) is 6.24. The maximum Gasteiger partial charge on any atom is 0.324 e. The molecular formula is C21H26ClN4O4S+. The molecule has 10 heteroatoms. The molecule has 0 radical (unpaired) electrons. The smallest absolute Gasteiger partial charge is 0.324 e. The number of hydrogen-bond acceptors (Lipinski definition) is 5. The van der Waals surface area contributed by atoms with Crippen molar-refractivity contribution in [2.24, 2.45) is 5.73 Å². The van der Waals surface area contributed by atoms with Gasteiger partial charge in [-0.25, -0.2) is 4.79 Å². The number of anilines is 2. The monoisotopic (exact) mass is 465 g/mol. The number of nitrogens with zero attached hydrogens (tertiary/aromatic N) is 1. The van der Waals surface area contributed by atoms with Gasteiger partial charge in [-0.15, -0.1) is 11.3 Å². The second-order valence-corrected chi connectivity index (χ2v) is 9.23.